The number of anilines is 1. The van der Waals surface area contributed by atoms with Gasteiger partial charge in [-0.15, -0.1) is 0 Å². The number of rotatable bonds is 2. The van der Waals surface area contributed by atoms with Crippen molar-refractivity contribution in [2.24, 2.45) is 5.73 Å². The van der Waals surface area contributed by atoms with Crippen molar-refractivity contribution in [3.63, 3.8) is 0 Å². The molecular weight excluding hydrogens is 292 g/mol. The molecule has 0 bridgehead atoms. The summed E-state index contributed by atoms with van der Waals surface area (Å²) in [5.41, 5.74) is 8.30. The van der Waals surface area contributed by atoms with Gasteiger partial charge in [0.2, 0.25) is 0 Å². The van der Waals surface area contributed by atoms with Crippen molar-refractivity contribution in [3.05, 3.63) is 28.2 Å². The second-order valence-electron chi connectivity index (χ2n) is 5.16. The van der Waals surface area contributed by atoms with Crippen LogP contribution in [-0.4, -0.2) is 25.3 Å². The molecule has 1 heterocycles. The Bertz CT molecular complexity index is 412. The van der Waals surface area contributed by atoms with Crippen LogP contribution in [0.5, 0.6) is 0 Å². The minimum absolute atomic E-state index is 0.0518. The Balaban J connectivity index is 2.21. The fraction of sp³-hybridized carbons (Fsp3) is 0.571. The Morgan fingerprint density at radius 2 is 1.94 bits per heavy atom. The summed E-state index contributed by atoms with van der Waals surface area (Å²) >= 11 is 3.61. The van der Waals surface area contributed by atoms with E-state index < -0.39 is 0 Å². The van der Waals surface area contributed by atoms with Gasteiger partial charge < -0.3 is 15.4 Å². The van der Waals surface area contributed by atoms with E-state index in [1.54, 1.807) is 0 Å². The van der Waals surface area contributed by atoms with E-state index in [0.717, 1.165) is 23.1 Å². The molecule has 18 heavy (non-hydrogen) atoms. The summed E-state index contributed by atoms with van der Waals surface area (Å²) < 4.78 is 6.84. The van der Waals surface area contributed by atoms with Gasteiger partial charge in [-0.25, -0.2) is 0 Å². The van der Waals surface area contributed by atoms with Crippen molar-refractivity contribution in [2.75, 3.05) is 18.0 Å². The predicted molar refractivity (Wildman–Crippen MR) is 79.0 cm³/mol. The maximum atomic E-state index is 5.92. The van der Waals surface area contributed by atoms with Gasteiger partial charge in [0, 0.05) is 29.3 Å². The van der Waals surface area contributed by atoms with Crippen LogP contribution in [0.4, 0.5) is 5.69 Å². The standard InChI is InChI=1S/C14H21BrN2O/c1-9-7-17(8-10(2)18-9)12-4-5-13(11(3)16)14(15)6-12/h4-6,9-11H,7-8,16H2,1-3H3/t9-,10+,11-/m1/s1. The molecule has 2 N–H and O–H groups in total. The van der Waals surface area contributed by atoms with Gasteiger partial charge in [-0.2, -0.15) is 0 Å². The summed E-state index contributed by atoms with van der Waals surface area (Å²) in [7, 11) is 0. The van der Waals surface area contributed by atoms with Gasteiger partial charge in [0.05, 0.1) is 12.2 Å². The molecule has 1 aliphatic heterocycles. The second kappa shape index (κ2) is 5.59. The third-order valence-electron chi connectivity index (χ3n) is 3.26. The maximum absolute atomic E-state index is 5.92. The molecule has 1 saturated heterocycles. The van der Waals surface area contributed by atoms with E-state index in [2.05, 4.69) is 52.9 Å². The predicted octanol–water partition coefficient (Wildman–Crippen LogP) is 3.08. The molecule has 0 amide bonds. The van der Waals surface area contributed by atoms with Crippen LogP contribution in [0, 0.1) is 0 Å². The minimum Gasteiger partial charge on any atom is -0.372 e. The van der Waals surface area contributed by atoms with Crippen LogP contribution >= 0.6 is 15.9 Å². The molecule has 1 aliphatic rings. The van der Waals surface area contributed by atoms with E-state index in [1.165, 1.54) is 5.69 Å². The summed E-state index contributed by atoms with van der Waals surface area (Å²) in [6.45, 7) is 8.11. The highest BCUT2D eigenvalue weighted by molar-refractivity contribution is 9.10. The van der Waals surface area contributed by atoms with Crippen molar-refractivity contribution in [1.82, 2.24) is 0 Å². The fourth-order valence-corrected chi connectivity index (χ4v) is 3.20. The highest BCUT2D eigenvalue weighted by atomic mass is 79.9. The maximum Gasteiger partial charge on any atom is 0.0726 e. The largest absolute Gasteiger partial charge is 0.372 e. The normalized spacial score (nSPS) is 26.2. The van der Waals surface area contributed by atoms with Crippen molar-refractivity contribution >= 4 is 21.6 Å². The Kier molecular flexibility index (Phi) is 4.30. The summed E-state index contributed by atoms with van der Waals surface area (Å²) in [5, 5.41) is 0. The van der Waals surface area contributed by atoms with Crippen LogP contribution in [0.15, 0.2) is 22.7 Å². The zero-order valence-corrected chi connectivity index (χ0v) is 12.8. The highest BCUT2D eigenvalue weighted by Gasteiger charge is 2.22. The fourth-order valence-electron chi connectivity index (χ4n) is 2.47. The summed E-state index contributed by atoms with van der Waals surface area (Å²) in [4.78, 5) is 2.37. The van der Waals surface area contributed by atoms with E-state index in [9.17, 15) is 0 Å². The number of benzene rings is 1. The summed E-state index contributed by atoms with van der Waals surface area (Å²) in [6, 6.07) is 6.46. The van der Waals surface area contributed by atoms with E-state index in [-0.39, 0.29) is 18.2 Å². The SMILES string of the molecule is C[C@@H]1CN(c2ccc([C@@H](C)N)c(Br)c2)C[C@H](C)O1. The average Bonchev–Trinajstić information content (AvgIpc) is 2.26. The van der Waals surface area contributed by atoms with Gasteiger partial charge in [-0.1, -0.05) is 22.0 Å². The average molecular weight is 313 g/mol. The van der Waals surface area contributed by atoms with E-state index in [4.69, 9.17) is 10.5 Å². The number of morpholine rings is 1. The number of ether oxygens (including phenoxy) is 1. The lowest BCUT2D eigenvalue weighted by molar-refractivity contribution is -0.00522. The topological polar surface area (TPSA) is 38.5 Å². The number of halogens is 1. The van der Waals surface area contributed by atoms with E-state index >= 15 is 0 Å². The number of nitrogens with two attached hydrogens (primary N) is 1. The highest BCUT2D eigenvalue weighted by Crippen LogP contribution is 2.29. The number of nitrogens with zero attached hydrogens (tertiary/aromatic N) is 1. The van der Waals surface area contributed by atoms with Gasteiger partial charge >= 0.3 is 0 Å². The smallest absolute Gasteiger partial charge is 0.0726 e. The Labute approximate surface area is 117 Å². The third kappa shape index (κ3) is 3.05. The lowest BCUT2D eigenvalue weighted by Crippen LogP contribution is -2.45. The summed E-state index contributed by atoms with van der Waals surface area (Å²) in [6.07, 6.45) is 0.557. The van der Waals surface area contributed by atoms with Crippen LogP contribution in [0.2, 0.25) is 0 Å². The second-order valence-corrected chi connectivity index (χ2v) is 6.01. The molecule has 0 aliphatic carbocycles. The molecule has 0 radical (unpaired) electrons. The Hall–Kier alpha value is -0.580. The molecule has 2 rings (SSSR count). The first kappa shape index (κ1) is 13.8. The zero-order valence-electron chi connectivity index (χ0n) is 11.2. The van der Waals surface area contributed by atoms with Crippen LogP contribution in [-0.2, 0) is 4.74 Å². The lowest BCUT2D eigenvalue weighted by Gasteiger charge is -2.37. The molecule has 100 valence electrons. The molecule has 0 saturated carbocycles. The molecular formula is C14H21BrN2O. The molecule has 3 atom stereocenters. The molecule has 0 aromatic heterocycles. The van der Waals surface area contributed by atoms with Crippen molar-refractivity contribution < 1.29 is 4.74 Å². The van der Waals surface area contributed by atoms with Crippen molar-refractivity contribution in [1.29, 1.82) is 0 Å². The molecule has 4 heteroatoms. The van der Waals surface area contributed by atoms with E-state index in [1.807, 2.05) is 6.92 Å². The Morgan fingerprint density at radius 1 is 1.33 bits per heavy atom. The number of hydrogen-bond acceptors (Lipinski definition) is 3. The molecule has 1 fully saturated rings. The van der Waals surface area contributed by atoms with Crippen LogP contribution in [0.3, 0.4) is 0 Å². The van der Waals surface area contributed by atoms with E-state index in [0.29, 0.717) is 0 Å². The minimum atomic E-state index is 0.0518. The van der Waals surface area contributed by atoms with Crippen LogP contribution in [0.1, 0.15) is 32.4 Å². The van der Waals surface area contributed by atoms with Crippen LogP contribution in [0.25, 0.3) is 0 Å². The number of hydrogen-bond donors (Lipinski definition) is 1. The van der Waals surface area contributed by atoms with Gasteiger partial charge in [-0.05, 0) is 38.5 Å². The van der Waals surface area contributed by atoms with Gasteiger partial charge in [0.25, 0.3) is 0 Å². The molecule has 0 spiro atoms. The van der Waals surface area contributed by atoms with Gasteiger partial charge in [0.15, 0.2) is 0 Å². The summed E-state index contributed by atoms with van der Waals surface area (Å²) in [5.74, 6) is 0. The van der Waals surface area contributed by atoms with Crippen LogP contribution < -0.4 is 10.6 Å². The first-order valence-electron chi connectivity index (χ1n) is 6.43. The lowest BCUT2D eigenvalue weighted by atomic mass is 10.1. The van der Waals surface area contributed by atoms with Gasteiger partial charge in [-0.3, -0.25) is 0 Å². The Morgan fingerprint density at radius 3 is 2.44 bits per heavy atom. The van der Waals surface area contributed by atoms with Crippen molar-refractivity contribution in [2.45, 2.75) is 39.0 Å². The molecule has 3 nitrogen and oxygen atoms in total. The molecule has 1 aromatic rings. The molecule has 1 aromatic carbocycles. The first-order valence-corrected chi connectivity index (χ1v) is 7.22. The van der Waals surface area contributed by atoms with Gasteiger partial charge in [0.1, 0.15) is 0 Å². The molecule has 0 unspecified atom stereocenters. The van der Waals surface area contributed by atoms with Crippen molar-refractivity contribution in [3.8, 4) is 0 Å². The first-order chi connectivity index (χ1) is 8.47. The zero-order chi connectivity index (χ0) is 13.3. The third-order valence-corrected chi connectivity index (χ3v) is 3.95. The monoisotopic (exact) mass is 312 g/mol. The quantitative estimate of drug-likeness (QED) is 0.912.